The second-order valence-electron chi connectivity index (χ2n) is 5.29. The number of aryl methyl sites for hydroxylation is 1. The second-order valence-corrected chi connectivity index (χ2v) is 6.20. The van der Waals surface area contributed by atoms with Crippen molar-refractivity contribution in [3.8, 4) is 0 Å². The lowest BCUT2D eigenvalue weighted by molar-refractivity contribution is -0.146. The average molecular weight is 375 g/mol. The number of amides is 3. The van der Waals surface area contributed by atoms with Crippen LogP contribution >= 0.6 is 11.3 Å². The number of esters is 1. The van der Waals surface area contributed by atoms with Gasteiger partial charge in [0.25, 0.3) is 17.7 Å². The number of nitrogens with two attached hydrogens (primary N) is 1. The summed E-state index contributed by atoms with van der Waals surface area (Å²) in [6, 6.07) is 8.32. The Bertz CT molecular complexity index is 829. The largest absolute Gasteiger partial charge is 0.454 e. The van der Waals surface area contributed by atoms with Gasteiger partial charge in [-0.15, -0.1) is 11.3 Å². The quantitative estimate of drug-likeness (QED) is 0.624. The van der Waals surface area contributed by atoms with Crippen LogP contribution in [0.2, 0.25) is 0 Å². The van der Waals surface area contributed by atoms with Crippen molar-refractivity contribution in [1.82, 2.24) is 5.32 Å². The molecule has 1 aromatic carbocycles. The van der Waals surface area contributed by atoms with Gasteiger partial charge in [0, 0.05) is 5.56 Å². The average Bonchev–Trinajstić information content (AvgIpc) is 3.06. The normalized spacial score (nSPS) is 10.0. The van der Waals surface area contributed by atoms with Crippen LogP contribution in [0.5, 0.6) is 0 Å². The lowest BCUT2D eigenvalue weighted by Gasteiger charge is -2.07. The molecule has 4 N–H and O–H groups in total. The Morgan fingerprint density at radius 3 is 2.46 bits per heavy atom. The van der Waals surface area contributed by atoms with E-state index in [4.69, 9.17) is 10.5 Å². The molecule has 0 bridgehead atoms. The number of nitrogens with one attached hydrogen (secondary N) is 2. The van der Waals surface area contributed by atoms with Gasteiger partial charge >= 0.3 is 5.97 Å². The fraction of sp³-hybridized carbons (Fsp3) is 0.176. The molecule has 0 aliphatic rings. The Hall–Kier alpha value is -3.20. The van der Waals surface area contributed by atoms with Gasteiger partial charge in [-0.3, -0.25) is 19.2 Å². The maximum absolute atomic E-state index is 11.9. The third-order valence-electron chi connectivity index (χ3n) is 3.25. The van der Waals surface area contributed by atoms with E-state index in [1.165, 1.54) is 6.07 Å². The van der Waals surface area contributed by atoms with Gasteiger partial charge in [0.2, 0.25) is 0 Å². The Morgan fingerprint density at radius 2 is 1.81 bits per heavy atom. The standard InChI is InChI=1S/C17H17N3O5S/c1-10-2-4-11(5-3-10)16(24)19-8-14(22)25-9-13(21)20-17-12(15(18)23)6-7-26-17/h2-7H,8-9H2,1H3,(H2,18,23)(H,19,24)(H,20,21). The first-order valence-electron chi connectivity index (χ1n) is 7.54. The van der Waals surface area contributed by atoms with E-state index in [0.29, 0.717) is 5.56 Å². The van der Waals surface area contributed by atoms with E-state index < -0.39 is 30.3 Å². The molecule has 0 atom stereocenters. The van der Waals surface area contributed by atoms with Crippen LogP contribution in [-0.4, -0.2) is 36.8 Å². The molecule has 2 rings (SSSR count). The molecule has 26 heavy (non-hydrogen) atoms. The summed E-state index contributed by atoms with van der Waals surface area (Å²) >= 11 is 1.12. The van der Waals surface area contributed by atoms with Crippen LogP contribution < -0.4 is 16.4 Å². The van der Waals surface area contributed by atoms with Crippen molar-refractivity contribution in [2.24, 2.45) is 5.73 Å². The summed E-state index contributed by atoms with van der Waals surface area (Å²) in [5.41, 5.74) is 6.78. The summed E-state index contributed by atoms with van der Waals surface area (Å²) < 4.78 is 4.78. The molecule has 0 spiro atoms. The molecule has 0 aliphatic carbocycles. The van der Waals surface area contributed by atoms with E-state index in [0.717, 1.165) is 16.9 Å². The van der Waals surface area contributed by atoms with E-state index in [1.54, 1.807) is 29.6 Å². The molecule has 0 aliphatic heterocycles. The van der Waals surface area contributed by atoms with Gasteiger partial charge in [-0.05, 0) is 30.5 Å². The molecule has 1 aromatic heterocycles. The van der Waals surface area contributed by atoms with Crippen LogP contribution in [0.1, 0.15) is 26.3 Å². The Balaban J connectivity index is 1.75. The van der Waals surface area contributed by atoms with Gasteiger partial charge in [-0.2, -0.15) is 0 Å². The third-order valence-corrected chi connectivity index (χ3v) is 4.08. The molecule has 0 radical (unpaired) electrons. The molecule has 1 heterocycles. The summed E-state index contributed by atoms with van der Waals surface area (Å²) in [5, 5.41) is 6.73. The van der Waals surface area contributed by atoms with Gasteiger partial charge in [0.05, 0.1) is 5.56 Å². The summed E-state index contributed by atoms with van der Waals surface area (Å²) in [5.74, 6) is -2.47. The lowest BCUT2D eigenvalue weighted by atomic mass is 10.1. The van der Waals surface area contributed by atoms with Crippen molar-refractivity contribution >= 4 is 40.0 Å². The minimum absolute atomic E-state index is 0.181. The van der Waals surface area contributed by atoms with Gasteiger partial charge < -0.3 is 21.1 Å². The minimum Gasteiger partial charge on any atom is -0.454 e. The van der Waals surface area contributed by atoms with Crippen molar-refractivity contribution in [3.63, 3.8) is 0 Å². The van der Waals surface area contributed by atoms with E-state index in [1.807, 2.05) is 6.92 Å². The van der Waals surface area contributed by atoms with Crippen molar-refractivity contribution in [1.29, 1.82) is 0 Å². The van der Waals surface area contributed by atoms with Crippen LogP contribution in [0.3, 0.4) is 0 Å². The zero-order valence-electron chi connectivity index (χ0n) is 13.9. The monoisotopic (exact) mass is 375 g/mol. The van der Waals surface area contributed by atoms with Crippen LogP contribution in [0.25, 0.3) is 0 Å². The maximum atomic E-state index is 11.9. The molecule has 3 amide bonds. The number of ether oxygens (including phenoxy) is 1. The third kappa shape index (κ3) is 5.42. The molecule has 8 nitrogen and oxygen atoms in total. The van der Waals surface area contributed by atoms with Crippen molar-refractivity contribution in [2.75, 3.05) is 18.5 Å². The van der Waals surface area contributed by atoms with Crippen molar-refractivity contribution in [3.05, 3.63) is 52.4 Å². The van der Waals surface area contributed by atoms with E-state index in [2.05, 4.69) is 10.6 Å². The molecular formula is C17H17N3O5S. The highest BCUT2D eigenvalue weighted by atomic mass is 32.1. The summed E-state index contributed by atoms with van der Waals surface area (Å²) in [6.45, 7) is 0.980. The number of carbonyl (C=O) groups excluding carboxylic acids is 4. The fourth-order valence-corrected chi connectivity index (χ4v) is 2.73. The first kappa shape index (κ1) is 19.1. The zero-order valence-corrected chi connectivity index (χ0v) is 14.7. The molecule has 2 aromatic rings. The number of primary amides is 1. The van der Waals surface area contributed by atoms with Crippen LogP contribution in [0, 0.1) is 6.92 Å². The number of rotatable bonds is 7. The van der Waals surface area contributed by atoms with E-state index >= 15 is 0 Å². The Morgan fingerprint density at radius 1 is 1.12 bits per heavy atom. The molecule has 0 fully saturated rings. The highest BCUT2D eigenvalue weighted by molar-refractivity contribution is 7.14. The van der Waals surface area contributed by atoms with Gasteiger partial charge in [-0.1, -0.05) is 17.7 Å². The lowest BCUT2D eigenvalue weighted by Crippen LogP contribution is -2.32. The van der Waals surface area contributed by atoms with Crippen molar-refractivity contribution < 1.29 is 23.9 Å². The van der Waals surface area contributed by atoms with Crippen LogP contribution in [0.4, 0.5) is 5.00 Å². The number of carbonyl (C=O) groups is 4. The zero-order chi connectivity index (χ0) is 19.1. The highest BCUT2D eigenvalue weighted by Gasteiger charge is 2.14. The predicted octanol–water partition coefficient (Wildman–Crippen LogP) is 1.07. The number of benzene rings is 1. The smallest absolute Gasteiger partial charge is 0.325 e. The summed E-state index contributed by atoms with van der Waals surface area (Å²) in [7, 11) is 0. The first-order valence-corrected chi connectivity index (χ1v) is 8.42. The number of anilines is 1. The minimum atomic E-state index is -0.762. The number of hydrogen-bond acceptors (Lipinski definition) is 6. The Kier molecular flexibility index (Phi) is 6.45. The molecule has 9 heteroatoms. The maximum Gasteiger partial charge on any atom is 0.325 e. The second kappa shape index (κ2) is 8.77. The predicted molar refractivity (Wildman–Crippen MR) is 95.9 cm³/mol. The summed E-state index contributed by atoms with van der Waals surface area (Å²) in [4.78, 5) is 46.4. The number of thiophene rings is 1. The van der Waals surface area contributed by atoms with Crippen LogP contribution in [0.15, 0.2) is 35.7 Å². The van der Waals surface area contributed by atoms with Gasteiger partial charge in [0.15, 0.2) is 6.61 Å². The van der Waals surface area contributed by atoms with Gasteiger partial charge in [0.1, 0.15) is 11.5 Å². The first-order chi connectivity index (χ1) is 12.4. The summed E-state index contributed by atoms with van der Waals surface area (Å²) in [6.07, 6.45) is 0. The topological polar surface area (TPSA) is 128 Å². The SMILES string of the molecule is Cc1ccc(C(=O)NCC(=O)OCC(=O)Nc2sccc2C(N)=O)cc1. The molecule has 136 valence electrons. The molecule has 0 saturated carbocycles. The van der Waals surface area contributed by atoms with Crippen molar-refractivity contribution in [2.45, 2.75) is 6.92 Å². The van der Waals surface area contributed by atoms with Gasteiger partial charge in [-0.25, -0.2) is 0 Å². The van der Waals surface area contributed by atoms with E-state index in [9.17, 15) is 19.2 Å². The Labute approximate surface area is 153 Å². The van der Waals surface area contributed by atoms with E-state index in [-0.39, 0.29) is 17.1 Å². The molecular weight excluding hydrogens is 358 g/mol. The molecule has 0 unspecified atom stereocenters. The molecule has 0 saturated heterocycles. The highest BCUT2D eigenvalue weighted by Crippen LogP contribution is 2.22. The van der Waals surface area contributed by atoms with Crippen LogP contribution in [-0.2, 0) is 14.3 Å². The fourth-order valence-electron chi connectivity index (χ4n) is 1.92. The number of hydrogen-bond donors (Lipinski definition) is 3.